The van der Waals surface area contributed by atoms with Crippen LogP contribution in [-0.4, -0.2) is 9.55 Å². The van der Waals surface area contributed by atoms with Crippen LogP contribution in [0.3, 0.4) is 0 Å². The number of imidazole rings is 1. The third-order valence-electron chi connectivity index (χ3n) is 3.42. The van der Waals surface area contributed by atoms with Gasteiger partial charge in [0.1, 0.15) is 5.52 Å². The summed E-state index contributed by atoms with van der Waals surface area (Å²) in [7, 11) is 0. The number of aromatic nitrogens is 2. The molecule has 2 aromatic carbocycles. The van der Waals surface area contributed by atoms with Crippen LogP contribution in [0.25, 0.3) is 11.0 Å². The number of hydrogen-bond donors (Lipinski definition) is 1. The summed E-state index contributed by atoms with van der Waals surface area (Å²) in [6, 6.07) is 12.8. The normalized spacial score (nSPS) is 12.8. The van der Waals surface area contributed by atoms with Gasteiger partial charge in [-0.3, -0.25) is 0 Å². The van der Waals surface area contributed by atoms with Crippen molar-refractivity contribution in [3.8, 4) is 0 Å². The summed E-state index contributed by atoms with van der Waals surface area (Å²) in [6.45, 7) is 2.02. The minimum Gasteiger partial charge on any atom is -0.369 e. The predicted octanol–water partition coefficient (Wildman–Crippen LogP) is 4.13. The highest BCUT2D eigenvalue weighted by Gasteiger charge is 2.17. The summed E-state index contributed by atoms with van der Waals surface area (Å²) in [6.07, 6.45) is 0. The minimum absolute atomic E-state index is 0.0284. The molecular formula is C15H13BrFN3. The number of benzene rings is 2. The highest BCUT2D eigenvalue weighted by Crippen LogP contribution is 2.29. The molecule has 0 bridgehead atoms. The first-order valence-electron chi connectivity index (χ1n) is 6.25. The van der Waals surface area contributed by atoms with Gasteiger partial charge in [-0.1, -0.05) is 34.1 Å². The molecule has 0 fully saturated rings. The molecule has 1 unspecified atom stereocenters. The van der Waals surface area contributed by atoms with Gasteiger partial charge in [0, 0.05) is 4.47 Å². The second-order valence-electron chi connectivity index (χ2n) is 4.68. The Kier molecular flexibility index (Phi) is 3.22. The minimum atomic E-state index is -0.352. The van der Waals surface area contributed by atoms with Gasteiger partial charge in [-0.25, -0.2) is 9.37 Å². The molecule has 0 saturated carbocycles. The fraction of sp³-hybridized carbons (Fsp3) is 0.133. The van der Waals surface area contributed by atoms with Gasteiger partial charge >= 0.3 is 0 Å². The summed E-state index contributed by atoms with van der Waals surface area (Å²) >= 11 is 3.46. The van der Waals surface area contributed by atoms with Crippen LogP contribution < -0.4 is 5.73 Å². The Hall–Kier alpha value is -1.88. The van der Waals surface area contributed by atoms with Crippen LogP contribution in [0.4, 0.5) is 10.3 Å². The highest BCUT2D eigenvalue weighted by molar-refractivity contribution is 9.10. The zero-order valence-corrected chi connectivity index (χ0v) is 12.4. The highest BCUT2D eigenvalue weighted by atomic mass is 79.9. The monoisotopic (exact) mass is 333 g/mol. The first-order chi connectivity index (χ1) is 9.58. The second kappa shape index (κ2) is 4.90. The molecule has 2 N–H and O–H groups in total. The maximum Gasteiger partial charge on any atom is 0.201 e. The standard InChI is InChI=1S/C15H13BrFN3/c1-9(10-4-2-5-11(16)8-10)20-13-7-3-6-12(17)14(13)19-15(20)18/h2-9H,1H3,(H2,18,19). The molecule has 0 amide bonds. The molecule has 0 saturated heterocycles. The topological polar surface area (TPSA) is 43.8 Å². The molecular weight excluding hydrogens is 321 g/mol. The Bertz CT molecular complexity index is 782. The van der Waals surface area contributed by atoms with Crippen LogP contribution in [0.15, 0.2) is 46.9 Å². The molecule has 102 valence electrons. The number of nitrogens with two attached hydrogens (primary N) is 1. The van der Waals surface area contributed by atoms with Crippen molar-refractivity contribution in [3.63, 3.8) is 0 Å². The van der Waals surface area contributed by atoms with E-state index in [1.165, 1.54) is 6.07 Å². The first-order valence-corrected chi connectivity index (χ1v) is 7.04. The van der Waals surface area contributed by atoms with Crippen molar-refractivity contribution < 1.29 is 4.39 Å². The molecule has 5 heteroatoms. The second-order valence-corrected chi connectivity index (χ2v) is 5.59. The van der Waals surface area contributed by atoms with Gasteiger partial charge in [0.25, 0.3) is 0 Å². The molecule has 3 nitrogen and oxygen atoms in total. The van der Waals surface area contributed by atoms with E-state index in [2.05, 4.69) is 20.9 Å². The van der Waals surface area contributed by atoms with Crippen LogP contribution in [0, 0.1) is 5.82 Å². The Labute approximate surface area is 124 Å². The molecule has 3 rings (SSSR count). The quantitative estimate of drug-likeness (QED) is 0.766. The van der Waals surface area contributed by atoms with Crippen LogP contribution in [0.5, 0.6) is 0 Å². The Balaban J connectivity index is 2.19. The number of rotatable bonds is 2. The zero-order chi connectivity index (χ0) is 14.3. The van der Waals surface area contributed by atoms with Crippen molar-refractivity contribution in [3.05, 3.63) is 58.3 Å². The molecule has 0 aliphatic rings. The smallest absolute Gasteiger partial charge is 0.201 e. The fourth-order valence-electron chi connectivity index (χ4n) is 2.42. The van der Waals surface area contributed by atoms with Gasteiger partial charge in [-0.2, -0.15) is 0 Å². The van der Waals surface area contributed by atoms with E-state index in [9.17, 15) is 4.39 Å². The number of hydrogen-bond acceptors (Lipinski definition) is 2. The van der Waals surface area contributed by atoms with Gasteiger partial charge in [-0.05, 0) is 36.8 Å². The van der Waals surface area contributed by atoms with Crippen molar-refractivity contribution in [1.82, 2.24) is 9.55 Å². The van der Waals surface area contributed by atoms with Crippen molar-refractivity contribution in [1.29, 1.82) is 0 Å². The lowest BCUT2D eigenvalue weighted by Crippen LogP contribution is -2.10. The van der Waals surface area contributed by atoms with Gasteiger partial charge in [-0.15, -0.1) is 0 Å². The van der Waals surface area contributed by atoms with Gasteiger partial charge in [0.2, 0.25) is 5.95 Å². The SMILES string of the molecule is CC(c1cccc(Br)c1)n1c(N)nc2c(F)cccc21. The maximum atomic E-state index is 13.8. The number of nitrogens with zero attached hydrogens (tertiary/aromatic N) is 2. The first kappa shape index (κ1) is 13.1. The molecule has 0 radical (unpaired) electrons. The number of halogens is 2. The van der Waals surface area contributed by atoms with Crippen molar-refractivity contribution in [2.75, 3.05) is 5.73 Å². The molecule has 1 atom stereocenters. The number of anilines is 1. The van der Waals surface area contributed by atoms with Crippen molar-refractivity contribution in [2.24, 2.45) is 0 Å². The average molecular weight is 334 g/mol. The van der Waals surface area contributed by atoms with Gasteiger partial charge in [0.05, 0.1) is 11.6 Å². The predicted molar refractivity (Wildman–Crippen MR) is 82.1 cm³/mol. The van der Waals surface area contributed by atoms with Crippen molar-refractivity contribution in [2.45, 2.75) is 13.0 Å². The molecule has 1 heterocycles. The number of fused-ring (bicyclic) bond motifs is 1. The number of nitrogen functional groups attached to an aromatic ring is 1. The van der Waals surface area contributed by atoms with Crippen LogP contribution in [0.1, 0.15) is 18.5 Å². The van der Waals surface area contributed by atoms with E-state index in [-0.39, 0.29) is 11.9 Å². The lowest BCUT2D eigenvalue weighted by atomic mass is 10.1. The van der Waals surface area contributed by atoms with Crippen LogP contribution >= 0.6 is 15.9 Å². The summed E-state index contributed by atoms with van der Waals surface area (Å²) in [5.41, 5.74) is 8.07. The van der Waals surface area contributed by atoms with Gasteiger partial charge < -0.3 is 10.3 Å². The van der Waals surface area contributed by atoms with E-state index in [0.717, 1.165) is 10.0 Å². The third-order valence-corrected chi connectivity index (χ3v) is 3.91. The molecule has 20 heavy (non-hydrogen) atoms. The van der Waals surface area contributed by atoms with Gasteiger partial charge in [0.15, 0.2) is 5.82 Å². The third kappa shape index (κ3) is 2.08. The molecule has 3 aromatic rings. The molecule has 0 aliphatic carbocycles. The van der Waals surface area contributed by atoms with E-state index >= 15 is 0 Å². The van der Waals surface area contributed by atoms with Crippen LogP contribution in [-0.2, 0) is 0 Å². The van der Waals surface area contributed by atoms with Crippen LogP contribution in [0.2, 0.25) is 0 Å². The van der Waals surface area contributed by atoms with E-state index in [1.54, 1.807) is 6.07 Å². The zero-order valence-electron chi connectivity index (χ0n) is 10.8. The summed E-state index contributed by atoms with van der Waals surface area (Å²) in [5, 5.41) is 0. The molecule has 1 aromatic heterocycles. The Morgan fingerprint density at radius 1 is 1.25 bits per heavy atom. The summed E-state index contributed by atoms with van der Waals surface area (Å²) in [5.74, 6) is -0.0352. The molecule has 0 spiro atoms. The fourth-order valence-corrected chi connectivity index (χ4v) is 2.84. The lowest BCUT2D eigenvalue weighted by molar-refractivity contribution is 0.636. The summed E-state index contributed by atoms with van der Waals surface area (Å²) < 4.78 is 16.6. The Morgan fingerprint density at radius 2 is 2.00 bits per heavy atom. The van der Waals surface area contributed by atoms with E-state index in [0.29, 0.717) is 17.0 Å². The van der Waals surface area contributed by atoms with Crippen molar-refractivity contribution >= 4 is 32.9 Å². The Morgan fingerprint density at radius 3 is 2.75 bits per heavy atom. The summed E-state index contributed by atoms with van der Waals surface area (Å²) in [4.78, 5) is 4.14. The van der Waals surface area contributed by atoms with E-state index < -0.39 is 0 Å². The molecule has 0 aliphatic heterocycles. The van der Waals surface area contributed by atoms with E-state index in [4.69, 9.17) is 5.73 Å². The van der Waals surface area contributed by atoms with E-state index in [1.807, 2.05) is 41.8 Å². The average Bonchev–Trinajstić information content (AvgIpc) is 2.76. The maximum absolute atomic E-state index is 13.8. The largest absolute Gasteiger partial charge is 0.369 e. The lowest BCUT2D eigenvalue weighted by Gasteiger charge is -2.16. The number of para-hydroxylation sites is 1.